The molecule has 19 heavy (non-hydrogen) atoms. The second-order valence-corrected chi connectivity index (χ2v) is 6.78. The van der Waals surface area contributed by atoms with Crippen molar-refractivity contribution in [1.82, 2.24) is 4.90 Å². The first-order chi connectivity index (χ1) is 9.33. The van der Waals surface area contributed by atoms with Crippen molar-refractivity contribution >= 4 is 11.8 Å². The van der Waals surface area contributed by atoms with Crippen molar-refractivity contribution in [2.75, 3.05) is 25.5 Å². The van der Waals surface area contributed by atoms with Crippen molar-refractivity contribution in [2.45, 2.75) is 44.9 Å². The Morgan fingerprint density at radius 1 is 1.32 bits per heavy atom. The van der Waals surface area contributed by atoms with Crippen LogP contribution >= 0.6 is 11.8 Å². The molecule has 0 amide bonds. The van der Waals surface area contributed by atoms with Gasteiger partial charge in [-0.3, -0.25) is 4.90 Å². The van der Waals surface area contributed by atoms with E-state index in [2.05, 4.69) is 11.0 Å². The van der Waals surface area contributed by atoms with Crippen molar-refractivity contribution in [1.29, 1.82) is 5.26 Å². The van der Waals surface area contributed by atoms with Crippen molar-refractivity contribution in [3.05, 3.63) is 10.5 Å². The second kappa shape index (κ2) is 7.94. The van der Waals surface area contributed by atoms with Crippen LogP contribution in [0, 0.1) is 17.2 Å². The van der Waals surface area contributed by atoms with Crippen LogP contribution in [0.25, 0.3) is 0 Å². The summed E-state index contributed by atoms with van der Waals surface area (Å²) in [5.41, 5.74) is 6.95. The molecule has 0 radical (unpaired) electrons. The molecule has 0 atom stereocenters. The molecule has 0 aromatic heterocycles. The van der Waals surface area contributed by atoms with Crippen LogP contribution in [0.2, 0.25) is 0 Å². The summed E-state index contributed by atoms with van der Waals surface area (Å²) in [6.07, 6.45) is 8.71. The fraction of sp³-hybridized carbons (Fsp3) is 0.800. The number of hydrogen-bond acceptors (Lipinski definition) is 4. The van der Waals surface area contributed by atoms with Crippen LogP contribution in [0.4, 0.5) is 0 Å². The van der Waals surface area contributed by atoms with E-state index in [0.717, 1.165) is 25.4 Å². The molecule has 0 bridgehead atoms. The Hall–Kier alpha value is -0.500. The monoisotopic (exact) mass is 279 g/mol. The van der Waals surface area contributed by atoms with Gasteiger partial charge in [0.1, 0.15) is 0 Å². The molecule has 4 heteroatoms. The van der Waals surface area contributed by atoms with Gasteiger partial charge in [-0.2, -0.15) is 5.26 Å². The Morgan fingerprint density at radius 3 is 2.79 bits per heavy atom. The molecule has 2 N–H and O–H groups in total. The average Bonchev–Trinajstić information content (AvgIpc) is 2.43. The highest BCUT2D eigenvalue weighted by Gasteiger charge is 2.22. The SMILES string of the molecule is N#CCC1=C(SCN)CCN(CC2CCCCC2)C1. The van der Waals surface area contributed by atoms with E-state index in [1.54, 1.807) is 11.8 Å². The van der Waals surface area contributed by atoms with Gasteiger partial charge in [0.25, 0.3) is 0 Å². The van der Waals surface area contributed by atoms with E-state index in [1.807, 2.05) is 0 Å². The Morgan fingerprint density at radius 2 is 2.11 bits per heavy atom. The topological polar surface area (TPSA) is 53.1 Å². The zero-order chi connectivity index (χ0) is 13.5. The molecule has 2 rings (SSSR count). The van der Waals surface area contributed by atoms with Gasteiger partial charge in [-0.1, -0.05) is 19.3 Å². The minimum absolute atomic E-state index is 0.573. The Balaban J connectivity index is 1.90. The van der Waals surface area contributed by atoms with Gasteiger partial charge >= 0.3 is 0 Å². The number of nitriles is 1. The number of nitrogens with zero attached hydrogens (tertiary/aromatic N) is 2. The molecule has 1 aliphatic heterocycles. The maximum atomic E-state index is 8.97. The second-order valence-electron chi connectivity index (χ2n) is 5.66. The first-order valence-corrected chi connectivity index (χ1v) is 8.45. The standard InChI is InChI=1S/C15H25N3S/c16-8-6-14-11-18(9-7-15(14)19-12-17)10-13-4-2-1-3-5-13/h13H,1-7,9-12,17H2. The lowest BCUT2D eigenvalue weighted by Gasteiger charge is -2.34. The molecular formula is C15H25N3S. The maximum Gasteiger partial charge on any atom is 0.0667 e. The third kappa shape index (κ3) is 4.52. The zero-order valence-corrected chi connectivity index (χ0v) is 12.6. The summed E-state index contributed by atoms with van der Waals surface area (Å²) in [5.74, 6) is 1.52. The predicted octanol–water partition coefficient (Wildman–Crippen LogP) is 3.09. The van der Waals surface area contributed by atoms with E-state index < -0.39 is 0 Å². The molecule has 0 spiro atoms. The Labute approximate surface area is 121 Å². The van der Waals surface area contributed by atoms with E-state index in [1.165, 1.54) is 49.1 Å². The Bertz CT molecular complexity index is 353. The first-order valence-electron chi connectivity index (χ1n) is 7.46. The molecule has 0 aromatic rings. The van der Waals surface area contributed by atoms with Gasteiger partial charge in [0.2, 0.25) is 0 Å². The number of thioether (sulfide) groups is 1. The lowest BCUT2D eigenvalue weighted by atomic mass is 9.88. The highest BCUT2D eigenvalue weighted by atomic mass is 32.2. The summed E-state index contributed by atoms with van der Waals surface area (Å²) in [5, 5.41) is 8.97. The van der Waals surface area contributed by atoms with Gasteiger partial charge in [-0.05, 0) is 35.7 Å². The normalized spacial score (nSPS) is 22.5. The van der Waals surface area contributed by atoms with Gasteiger partial charge in [0.15, 0.2) is 0 Å². The quantitative estimate of drug-likeness (QED) is 0.786. The molecule has 0 aromatic carbocycles. The van der Waals surface area contributed by atoms with Crippen molar-refractivity contribution < 1.29 is 0 Å². The van der Waals surface area contributed by atoms with Crippen LogP contribution in [0.3, 0.4) is 0 Å². The summed E-state index contributed by atoms with van der Waals surface area (Å²) in [6, 6.07) is 2.31. The highest BCUT2D eigenvalue weighted by Crippen LogP contribution is 2.31. The van der Waals surface area contributed by atoms with Gasteiger partial charge in [-0.25, -0.2) is 0 Å². The molecule has 0 saturated heterocycles. The lowest BCUT2D eigenvalue weighted by Crippen LogP contribution is -2.36. The summed E-state index contributed by atoms with van der Waals surface area (Å²) < 4.78 is 0. The number of hydrogen-bond donors (Lipinski definition) is 1. The molecule has 1 heterocycles. The lowest BCUT2D eigenvalue weighted by molar-refractivity contribution is 0.208. The molecule has 1 aliphatic carbocycles. The van der Waals surface area contributed by atoms with E-state index in [-0.39, 0.29) is 0 Å². The van der Waals surface area contributed by atoms with E-state index in [0.29, 0.717) is 12.3 Å². The number of rotatable bonds is 5. The molecule has 106 valence electrons. The average molecular weight is 279 g/mol. The third-order valence-electron chi connectivity index (χ3n) is 4.26. The maximum absolute atomic E-state index is 8.97. The predicted molar refractivity (Wildman–Crippen MR) is 81.5 cm³/mol. The zero-order valence-electron chi connectivity index (χ0n) is 11.7. The molecule has 2 aliphatic rings. The molecular weight excluding hydrogens is 254 g/mol. The number of nitrogens with two attached hydrogens (primary N) is 1. The first kappa shape index (κ1) is 14.9. The Kier molecular flexibility index (Phi) is 6.22. The van der Waals surface area contributed by atoms with Gasteiger partial charge in [-0.15, -0.1) is 11.8 Å². The fourth-order valence-corrected chi connectivity index (χ4v) is 4.07. The minimum atomic E-state index is 0.573. The van der Waals surface area contributed by atoms with Crippen molar-refractivity contribution in [3.63, 3.8) is 0 Å². The van der Waals surface area contributed by atoms with Crippen LogP contribution in [0.5, 0.6) is 0 Å². The largest absolute Gasteiger partial charge is 0.322 e. The van der Waals surface area contributed by atoms with Crippen LogP contribution in [0.1, 0.15) is 44.9 Å². The van der Waals surface area contributed by atoms with Crippen molar-refractivity contribution in [2.24, 2.45) is 11.7 Å². The molecule has 0 unspecified atom stereocenters. The highest BCUT2D eigenvalue weighted by molar-refractivity contribution is 8.03. The van der Waals surface area contributed by atoms with Crippen LogP contribution in [-0.2, 0) is 0 Å². The molecule has 3 nitrogen and oxygen atoms in total. The van der Waals surface area contributed by atoms with E-state index in [9.17, 15) is 0 Å². The molecule has 1 fully saturated rings. The summed E-state index contributed by atoms with van der Waals surface area (Å²) >= 11 is 1.73. The summed E-state index contributed by atoms with van der Waals surface area (Å²) in [7, 11) is 0. The van der Waals surface area contributed by atoms with E-state index in [4.69, 9.17) is 11.0 Å². The third-order valence-corrected chi connectivity index (χ3v) is 5.26. The summed E-state index contributed by atoms with van der Waals surface area (Å²) in [4.78, 5) is 3.94. The fourth-order valence-electron chi connectivity index (χ4n) is 3.29. The van der Waals surface area contributed by atoms with Gasteiger partial charge in [0, 0.05) is 25.5 Å². The smallest absolute Gasteiger partial charge is 0.0667 e. The molecule has 1 saturated carbocycles. The van der Waals surface area contributed by atoms with Crippen LogP contribution in [0.15, 0.2) is 10.5 Å². The van der Waals surface area contributed by atoms with Gasteiger partial charge in [0.05, 0.1) is 12.5 Å². The van der Waals surface area contributed by atoms with Crippen LogP contribution in [-0.4, -0.2) is 30.4 Å². The van der Waals surface area contributed by atoms with E-state index >= 15 is 0 Å². The van der Waals surface area contributed by atoms with Gasteiger partial charge < -0.3 is 5.73 Å². The van der Waals surface area contributed by atoms with Crippen molar-refractivity contribution in [3.8, 4) is 6.07 Å². The van der Waals surface area contributed by atoms with Crippen LogP contribution < -0.4 is 5.73 Å². The summed E-state index contributed by atoms with van der Waals surface area (Å²) in [6.45, 7) is 3.37. The minimum Gasteiger partial charge on any atom is -0.322 e.